The molecule has 0 bridgehead atoms. The zero-order valence-corrected chi connectivity index (χ0v) is 8.72. The van der Waals surface area contributed by atoms with Crippen molar-refractivity contribution in [2.24, 2.45) is 0 Å². The maximum atomic E-state index is 13.4. The fourth-order valence-electron chi connectivity index (χ4n) is 1.54. The monoisotopic (exact) mass is 223 g/mol. The highest BCUT2D eigenvalue weighted by Gasteiger charge is 2.09. The van der Waals surface area contributed by atoms with Crippen LogP contribution in [0.1, 0.15) is 17.0 Å². The summed E-state index contributed by atoms with van der Waals surface area (Å²) in [5.74, 6) is -0.851. The van der Waals surface area contributed by atoms with Crippen molar-refractivity contribution in [3.63, 3.8) is 0 Å². The lowest BCUT2D eigenvalue weighted by molar-refractivity contribution is 0.574. The first-order chi connectivity index (χ1) is 7.56. The number of aromatic nitrogens is 2. The maximum absolute atomic E-state index is 13.4. The molecule has 3 N–H and O–H groups in total. The number of anilines is 1. The molecule has 5 heteroatoms. The number of hydrogen-bond acceptors (Lipinski definition) is 2. The minimum Gasteiger partial charge on any atom is -0.369 e. The summed E-state index contributed by atoms with van der Waals surface area (Å²) < 4.78 is 26.1. The van der Waals surface area contributed by atoms with Crippen LogP contribution in [0.3, 0.4) is 0 Å². The Morgan fingerprint density at radius 3 is 2.69 bits per heavy atom. The Balaban J connectivity index is 2.30. The van der Waals surface area contributed by atoms with E-state index >= 15 is 0 Å². The van der Waals surface area contributed by atoms with Gasteiger partial charge < -0.3 is 10.7 Å². The van der Waals surface area contributed by atoms with E-state index in [1.807, 2.05) is 0 Å². The summed E-state index contributed by atoms with van der Waals surface area (Å²) in [7, 11) is 0. The predicted molar refractivity (Wildman–Crippen MR) is 56.9 cm³/mol. The maximum Gasteiger partial charge on any atom is 0.197 e. The summed E-state index contributed by atoms with van der Waals surface area (Å²) in [5.41, 5.74) is 7.34. The third kappa shape index (κ3) is 2.03. The molecule has 1 aromatic carbocycles. The second-order valence-corrected chi connectivity index (χ2v) is 3.61. The lowest BCUT2D eigenvalue weighted by Gasteiger charge is -2.01. The van der Waals surface area contributed by atoms with Crippen molar-refractivity contribution in [1.82, 2.24) is 9.97 Å². The zero-order chi connectivity index (χ0) is 11.7. The highest BCUT2D eigenvalue weighted by Crippen LogP contribution is 2.16. The highest BCUT2D eigenvalue weighted by molar-refractivity contribution is 5.31. The van der Waals surface area contributed by atoms with Gasteiger partial charge in [-0.2, -0.15) is 0 Å². The highest BCUT2D eigenvalue weighted by atomic mass is 19.1. The molecular weight excluding hydrogens is 212 g/mol. The topological polar surface area (TPSA) is 54.7 Å². The number of nitrogens with two attached hydrogens (primary N) is 1. The number of rotatable bonds is 2. The van der Waals surface area contributed by atoms with E-state index in [1.54, 1.807) is 6.92 Å². The smallest absolute Gasteiger partial charge is 0.197 e. The van der Waals surface area contributed by atoms with Gasteiger partial charge in [0.2, 0.25) is 0 Å². The summed E-state index contributed by atoms with van der Waals surface area (Å²) in [6.07, 6.45) is 0.297. The molecule has 0 unspecified atom stereocenters. The molecule has 1 heterocycles. The number of H-pyrrole nitrogens is 1. The molecule has 0 aliphatic heterocycles. The van der Waals surface area contributed by atoms with Gasteiger partial charge in [-0.15, -0.1) is 0 Å². The van der Waals surface area contributed by atoms with Crippen molar-refractivity contribution in [3.8, 4) is 0 Å². The van der Waals surface area contributed by atoms with Gasteiger partial charge >= 0.3 is 0 Å². The average molecular weight is 223 g/mol. The molecule has 0 spiro atoms. The SMILES string of the molecule is Cc1[nH]c(N)nc1Cc1ccc(F)cc1F. The van der Waals surface area contributed by atoms with Crippen LogP contribution in [0.25, 0.3) is 0 Å². The van der Waals surface area contributed by atoms with Gasteiger partial charge in [0.25, 0.3) is 0 Å². The number of aryl methyl sites for hydroxylation is 1. The van der Waals surface area contributed by atoms with Crippen LogP contribution in [0.2, 0.25) is 0 Å². The molecular formula is C11H11F2N3. The van der Waals surface area contributed by atoms with Crippen LogP contribution >= 0.6 is 0 Å². The third-order valence-corrected chi connectivity index (χ3v) is 2.38. The fourth-order valence-corrected chi connectivity index (χ4v) is 1.54. The quantitative estimate of drug-likeness (QED) is 0.819. The zero-order valence-electron chi connectivity index (χ0n) is 8.72. The van der Waals surface area contributed by atoms with Crippen LogP contribution in [-0.4, -0.2) is 9.97 Å². The standard InChI is InChI=1S/C11H11F2N3/c1-6-10(16-11(14)15-6)4-7-2-3-8(12)5-9(7)13/h2-3,5H,4H2,1H3,(H3,14,15,16). The van der Waals surface area contributed by atoms with E-state index in [1.165, 1.54) is 12.1 Å². The van der Waals surface area contributed by atoms with Gasteiger partial charge in [0, 0.05) is 18.2 Å². The summed E-state index contributed by atoms with van der Waals surface area (Å²) >= 11 is 0. The van der Waals surface area contributed by atoms with Crippen molar-refractivity contribution >= 4 is 5.95 Å². The molecule has 16 heavy (non-hydrogen) atoms. The second-order valence-electron chi connectivity index (χ2n) is 3.61. The number of aromatic amines is 1. The number of halogens is 2. The van der Waals surface area contributed by atoms with Gasteiger partial charge in [0.1, 0.15) is 11.6 Å². The van der Waals surface area contributed by atoms with Crippen LogP contribution in [0.5, 0.6) is 0 Å². The molecule has 2 aromatic rings. The molecule has 0 saturated carbocycles. The van der Waals surface area contributed by atoms with E-state index in [0.29, 0.717) is 23.6 Å². The molecule has 0 fully saturated rings. The van der Waals surface area contributed by atoms with Gasteiger partial charge in [0.05, 0.1) is 5.69 Å². The molecule has 3 nitrogen and oxygen atoms in total. The number of nitrogens with zero attached hydrogens (tertiary/aromatic N) is 1. The van der Waals surface area contributed by atoms with Crippen LogP contribution < -0.4 is 5.73 Å². The molecule has 0 aliphatic rings. The summed E-state index contributed by atoms with van der Waals surface area (Å²) in [4.78, 5) is 6.86. The summed E-state index contributed by atoms with van der Waals surface area (Å²) in [5, 5.41) is 0. The van der Waals surface area contributed by atoms with Gasteiger partial charge in [0.15, 0.2) is 5.95 Å². The minimum atomic E-state index is -0.584. The summed E-state index contributed by atoms with van der Waals surface area (Å²) in [6, 6.07) is 3.50. The lowest BCUT2D eigenvalue weighted by atomic mass is 10.1. The molecule has 0 saturated heterocycles. The number of hydrogen-bond donors (Lipinski definition) is 2. The Labute approximate surface area is 91.3 Å². The van der Waals surface area contributed by atoms with Crippen LogP contribution in [0.15, 0.2) is 18.2 Å². The Kier molecular flexibility index (Phi) is 2.60. The van der Waals surface area contributed by atoms with E-state index < -0.39 is 11.6 Å². The largest absolute Gasteiger partial charge is 0.369 e. The van der Waals surface area contributed by atoms with E-state index in [-0.39, 0.29) is 0 Å². The lowest BCUT2D eigenvalue weighted by Crippen LogP contribution is -1.96. The average Bonchev–Trinajstić information content (AvgIpc) is 2.50. The van der Waals surface area contributed by atoms with E-state index in [4.69, 9.17) is 5.73 Å². The molecule has 1 aromatic heterocycles. The number of nitrogen functional groups attached to an aromatic ring is 1. The predicted octanol–water partition coefficient (Wildman–Crippen LogP) is 2.17. The van der Waals surface area contributed by atoms with Crippen molar-refractivity contribution < 1.29 is 8.78 Å². The fraction of sp³-hybridized carbons (Fsp3) is 0.182. The summed E-state index contributed by atoms with van der Waals surface area (Å²) in [6.45, 7) is 1.81. The van der Waals surface area contributed by atoms with Gasteiger partial charge in [-0.1, -0.05) is 6.07 Å². The Morgan fingerprint density at radius 1 is 1.38 bits per heavy atom. The molecule has 0 radical (unpaired) electrons. The van der Waals surface area contributed by atoms with Crippen LogP contribution in [0.4, 0.5) is 14.7 Å². The van der Waals surface area contributed by atoms with Crippen molar-refractivity contribution in [1.29, 1.82) is 0 Å². The molecule has 0 aliphatic carbocycles. The van der Waals surface area contributed by atoms with E-state index in [0.717, 1.165) is 11.8 Å². The Morgan fingerprint density at radius 2 is 2.12 bits per heavy atom. The molecule has 0 amide bonds. The van der Waals surface area contributed by atoms with Gasteiger partial charge in [-0.3, -0.25) is 0 Å². The van der Waals surface area contributed by atoms with Gasteiger partial charge in [-0.05, 0) is 18.6 Å². The number of benzene rings is 1. The van der Waals surface area contributed by atoms with Crippen molar-refractivity contribution in [3.05, 3.63) is 46.8 Å². The number of nitrogens with one attached hydrogen (secondary N) is 1. The minimum absolute atomic E-state index is 0.297. The Bertz CT molecular complexity index is 520. The molecule has 0 atom stereocenters. The number of imidazole rings is 1. The normalized spacial score (nSPS) is 10.7. The van der Waals surface area contributed by atoms with Crippen molar-refractivity contribution in [2.75, 3.05) is 5.73 Å². The third-order valence-electron chi connectivity index (χ3n) is 2.38. The van der Waals surface area contributed by atoms with Gasteiger partial charge in [-0.25, -0.2) is 13.8 Å². The first kappa shape index (κ1) is 10.6. The van der Waals surface area contributed by atoms with Crippen LogP contribution in [-0.2, 0) is 6.42 Å². The van der Waals surface area contributed by atoms with Crippen molar-refractivity contribution in [2.45, 2.75) is 13.3 Å². The Hall–Kier alpha value is -1.91. The van der Waals surface area contributed by atoms with Crippen LogP contribution in [0, 0.1) is 18.6 Å². The molecule has 2 rings (SSSR count). The second kappa shape index (κ2) is 3.92. The first-order valence-corrected chi connectivity index (χ1v) is 4.81. The van der Waals surface area contributed by atoms with E-state index in [9.17, 15) is 8.78 Å². The first-order valence-electron chi connectivity index (χ1n) is 4.81. The van der Waals surface area contributed by atoms with E-state index in [2.05, 4.69) is 9.97 Å². The molecule has 84 valence electrons.